The molecule has 6 rings (SSSR count). The molecule has 3 aliphatic rings. The third-order valence-corrected chi connectivity index (χ3v) is 9.29. The third kappa shape index (κ3) is 5.96. The Kier molecular flexibility index (Phi) is 8.36. The summed E-state index contributed by atoms with van der Waals surface area (Å²) in [4.78, 5) is 39.8. The summed E-state index contributed by atoms with van der Waals surface area (Å²) < 4.78 is 5.99. The fourth-order valence-corrected chi connectivity index (χ4v) is 6.74. The van der Waals surface area contributed by atoms with Gasteiger partial charge in [0.1, 0.15) is 11.6 Å². The molecule has 1 aromatic heterocycles. The minimum absolute atomic E-state index is 0.0740. The van der Waals surface area contributed by atoms with Crippen molar-refractivity contribution in [2.24, 2.45) is 5.92 Å². The number of nitrogens with zero attached hydrogens (tertiary/aromatic N) is 5. The highest BCUT2D eigenvalue weighted by Crippen LogP contribution is 2.41. The average molecular weight is 583 g/mol. The zero-order valence-corrected chi connectivity index (χ0v) is 25.7. The van der Waals surface area contributed by atoms with Crippen LogP contribution in [0.5, 0.6) is 5.75 Å². The van der Waals surface area contributed by atoms with Crippen molar-refractivity contribution >= 4 is 40.3 Å². The fraction of sp³-hybridized carbons (Fsp3) is 0.441. The zero-order valence-electron chi connectivity index (χ0n) is 25.7. The number of ether oxygens (including phenoxy) is 1. The van der Waals surface area contributed by atoms with E-state index in [1.165, 1.54) is 6.42 Å². The molecule has 1 amide bonds. The number of amides is 1. The molecule has 43 heavy (non-hydrogen) atoms. The van der Waals surface area contributed by atoms with Gasteiger partial charge in [-0.1, -0.05) is 12.1 Å². The van der Waals surface area contributed by atoms with E-state index in [0.717, 1.165) is 61.8 Å². The topological polar surface area (TPSA) is 81.2 Å². The lowest BCUT2D eigenvalue weighted by atomic mass is 9.96. The molecule has 1 unspecified atom stereocenters. The van der Waals surface area contributed by atoms with E-state index in [1.807, 2.05) is 67.4 Å². The molecule has 0 spiro atoms. The molecule has 3 aromatic rings. The lowest BCUT2D eigenvalue weighted by Crippen LogP contribution is -2.48. The Morgan fingerprint density at radius 3 is 2.53 bits per heavy atom. The summed E-state index contributed by atoms with van der Waals surface area (Å²) in [5, 5.41) is 3.40. The van der Waals surface area contributed by atoms with Crippen molar-refractivity contribution in [3.05, 3.63) is 65.9 Å². The van der Waals surface area contributed by atoms with Gasteiger partial charge < -0.3 is 24.8 Å². The molecule has 2 aliphatic heterocycles. The number of hydrogen-bond acceptors (Lipinski definition) is 8. The van der Waals surface area contributed by atoms with Crippen molar-refractivity contribution in [3.8, 4) is 5.75 Å². The van der Waals surface area contributed by atoms with Gasteiger partial charge in [0.2, 0.25) is 0 Å². The van der Waals surface area contributed by atoms with E-state index in [4.69, 9.17) is 4.74 Å². The van der Waals surface area contributed by atoms with Crippen molar-refractivity contribution in [1.82, 2.24) is 14.8 Å². The number of carbonyl (C=O) groups excluding carboxylic acids is 2. The Balaban J connectivity index is 1.17. The maximum Gasteiger partial charge on any atom is 0.260 e. The van der Waals surface area contributed by atoms with Gasteiger partial charge in [-0.2, -0.15) is 0 Å². The van der Waals surface area contributed by atoms with Crippen LogP contribution in [0.2, 0.25) is 0 Å². The summed E-state index contributed by atoms with van der Waals surface area (Å²) in [5.41, 5.74) is 4.48. The minimum Gasteiger partial charge on any atom is -0.492 e. The van der Waals surface area contributed by atoms with E-state index in [0.29, 0.717) is 47.7 Å². The van der Waals surface area contributed by atoms with Crippen LogP contribution in [0.25, 0.3) is 0 Å². The quantitative estimate of drug-likeness (QED) is 0.346. The largest absolute Gasteiger partial charge is 0.492 e. The van der Waals surface area contributed by atoms with Gasteiger partial charge in [0.25, 0.3) is 5.91 Å². The summed E-state index contributed by atoms with van der Waals surface area (Å²) in [6.45, 7) is 6.93. The first-order chi connectivity index (χ1) is 20.8. The predicted molar refractivity (Wildman–Crippen MR) is 172 cm³/mol. The van der Waals surface area contributed by atoms with Crippen LogP contribution in [-0.4, -0.2) is 86.4 Å². The average Bonchev–Trinajstić information content (AvgIpc) is 3.47. The van der Waals surface area contributed by atoms with Crippen LogP contribution in [0.15, 0.2) is 54.7 Å². The van der Waals surface area contributed by atoms with E-state index >= 15 is 0 Å². The summed E-state index contributed by atoms with van der Waals surface area (Å²) in [5.74, 6) is 1.77. The number of rotatable bonds is 8. The number of ketones is 1. The van der Waals surface area contributed by atoms with Gasteiger partial charge in [-0.25, -0.2) is 4.98 Å². The molecule has 1 saturated heterocycles. The first kappa shape index (κ1) is 29.1. The van der Waals surface area contributed by atoms with Gasteiger partial charge in [-0.3, -0.25) is 14.5 Å². The Labute approximate surface area is 254 Å². The number of pyridine rings is 1. The molecule has 226 valence electrons. The smallest absolute Gasteiger partial charge is 0.260 e. The number of hydrogen-bond donors (Lipinski definition) is 1. The van der Waals surface area contributed by atoms with E-state index in [1.54, 1.807) is 18.1 Å². The first-order valence-corrected chi connectivity index (χ1v) is 15.4. The Morgan fingerprint density at radius 1 is 0.953 bits per heavy atom. The monoisotopic (exact) mass is 582 g/mol. The maximum absolute atomic E-state index is 13.4. The number of benzene rings is 2. The highest BCUT2D eigenvalue weighted by molar-refractivity contribution is 6.13. The van der Waals surface area contributed by atoms with Crippen LogP contribution in [-0.2, 0) is 0 Å². The Hall–Kier alpha value is -3.95. The zero-order chi connectivity index (χ0) is 30.1. The van der Waals surface area contributed by atoms with Gasteiger partial charge in [-0.05, 0) is 69.5 Å². The number of Topliss-reactive ketones (excluding diaryl/α,β-unsaturated/α-hetero) is 1. The molecule has 9 heteroatoms. The highest BCUT2D eigenvalue weighted by Gasteiger charge is 2.32. The van der Waals surface area contributed by atoms with Crippen molar-refractivity contribution in [3.63, 3.8) is 0 Å². The Morgan fingerprint density at radius 2 is 1.74 bits per heavy atom. The van der Waals surface area contributed by atoms with Gasteiger partial charge in [0, 0.05) is 64.4 Å². The van der Waals surface area contributed by atoms with E-state index in [-0.39, 0.29) is 11.7 Å². The highest BCUT2D eigenvalue weighted by atomic mass is 16.5. The van der Waals surface area contributed by atoms with Crippen molar-refractivity contribution in [2.45, 2.75) is 38.6 Å². The molecule has 1 saturated carbocycles. The van der Waals surface area contributed by atoms with Crippen molar-refractivity contribution < 1.29 is 14.3 Å². The number of likely N-dealkylation sites (N-methyl/N-ethyl adjacent to an activating group) is 1. The SMILES string of the molecule is CCOc1cc(C(=O)CC2CC[C@@H](N3CCN(C)CC3)C2)ccc1Nc1cc2c(cn1)N(C)C(=O)c1ccccc1N2C. The number of aromatic nitrogens is 1. The normalized spacial score (nSPS) is 20.9. The second-order valence-electron chi connectivity index (χ2n) is 12.1. The van der Waals surface area contributed by atoms with Gasteiger partial charge in [0.05, 0.1) is 41.1 Å². The van der Waals surface area contributed by atoms with Crippen molar-refractivity contribution in [2.75, 3.05) is 69.0 Å². The first-order valence-electron chi connectivity index (χ1n) is 15.4. The van der Waals surface area contributed by atoms with Gasteiger partial charge in [0.15, 0.2) is 5.78 Å². The van der Waals surface area contributed by atoms with E-state index in [2.05, 4.69) is 27.1 Å². The van der Waals surface area contributed by atoms with E-state index < -0.39 is 0 Å². The van der Waals surface area contributed by atoms with Gasteiger partial charge >= 0.3 is 0 Å². The number of fused-ring (bicyclic) bond motifs is 2. The lowest BCUT2D eigenvalue weighted by molar-refractivity contribution is 0.0947. The van der Waals surface area contributed by atoms with Crippen LogP contribution in [0.3, 0.4) is 0 Å². The molecular formula is C34H42N6O3. The standard InChI is InChI=1S/C34H42N6O3/c1-5-43-32-20-24(31(41)19-23-10-12-25(18-23)40-16-14-37(2)15-17-40)11-13-27(32)36-33-21-29-30(22-35-33)39(4)34(42)26-8-6-7-9-28(26)38(29)3/h6-9,11,13,20-23,25H,5,10,12,14-19H2,1-4H3,(H,35,36)/t23?,25-/m1/s1. The molecule has 2 aromatic carbocycles. The van der Waals surface area contributed by atoms with Gasteiger partial charge in [-0.15, -0.1) is 0 Å². The lowest BCUT2D eigenvalue weighted by Gasteiger charge is -2.36. The molecule has 2 fully saturated rings. The van der Waals surface area contributed by atoms with Crippen LogP contribution in [0.4, 0.5) is 28.6 Å². The number of nitrogens with one attached hydrogen (secondary N) is 1. The summed E-state index contributed by atoms with van der Waals surface area (Å²) >= 11 is 0. The van der Waals surface area contributed by atoms with Crippen molar-refractivity contribution in [1.29, 1.82) is 0 Å². The molecule has 2 atom stereocenters. The Bertz CT molecular complexity index is 1500. The third-order valence-electron chi connectivity index (χ3n) is 9.29. The second-order valence-corrected chi connectivity index (χ2v) is 12.1. The minimum atomic E-state index is -0.0740. The predicted octanol–water partition coefficient (Wildman–Crippen LogP) is 5.57. The molecule has 0 bridgehead atoms. The number of carbonyl (C=O) groups is 2. The molecule has 1 N–H and O–H groups in total. The summed E-state index contributed by atoms with van der Waals surface area (Å²) in [6.07, 6.45) is 5.71. The van der Waals surface area contributed by atoms with Crippen LogP contribution < -0.4 is 19.9 Å². The molecule has 3 heterocycles. The molecule has 0 radical (unpaired) electrons. The maximum atomic E-state index is 13.4. The van der Waals surface area contributed by atoms with E-state index in [9.17, 15) is 9.59 Å². The number of piperazine rings is 1. The van der Waals surface area contributed by atoms with Crippen LogP contribution in [0.1, 0.15) is 53.3 Å². The second kappa shape index (κ2) is 12.3. The fourth-order valence-electron chi connectivity index (χ4n) is 6.74. The summed E-state index contributed by atoms with van der Waals surface area (Å²) in [7, 11) is 5.92. The number of para-hydroxylation sites is 1. The van der Waals surface area contributed by atoms with Crippen LogP contribution >= 0.6 is 0 Å². The summed E-state index contributed by atoms with van der Waals surface area (Å²) in [6, 6.07) is 15.8. The molecule has 1 aliphatic carbocycles. The van der Waals surface area contributed by atoms with Crippen LogP contribution in [0, 0.1) is 5.92 Å². The number of anilines is 5. The molecule has 9 nitrogen and oxygen atoms in total. The molecular weight excluding hydrogens is 540 g/mol.